The number of alkyl halides is 3. The van der Waals surface area contributed by atoms with E-state index >= 15 is 0 Å². The number of nitrogens with zero attached hydrogens (tertiary/aromatic N) is 2. The Balaban J connectivity index is 2.17. The van der Waals surface area contributed by atoms with E-state index in [9.17, 15) is 18.0 Å². The highest BCUT2D eigenvalue weighted by molar-refractivity contribution is 7.82. The molecule has 24 heavy (non-hydrogen) atoms. The van der Waals surface area contributed by atoms with Gasteiger partial charge in [-0.2, -0.15) is 18.3 Å². The minimum atomic E-state index is -4.48. The molecule has 0 radical (unpaired) electrons. The van der Waals surface area contributed by atoms with E-state index in [0.717, 1.165) is 12.1 Å². The number of hydrogen-bond donors (Lipinski definition) is 2. The zero-order valence-corrected chi connectivity index (χ0v) is 13.3. The molecule has 0 saturated carbocycles. The third-order valence-corrected chi connectivity index (χ3v) is 3.41. The van der Waals surface area contributed by atoms with Crippen LogP contribution in [0.1, 0.15) is 5.56 Å². The number of ether oxygens (including phenoxy) is 1. The molecular formula is C14H15F3N4O2S. The lowest BCUT2D eigenvalue weighted by molar-refractivity contribution is -0.137. The van der Waals surface area contributed by atoms with Gasteiger partial charge < -0.3 is 15.4 Å². The maximum absolute atomic E-state index is 12.7. The van der Waals surface area contributed by atoms with Crippen LogP contribution in [0.4, 0.5) is 18.9 Å². The van der Waals surface area contributed by atoms with Gasteiger partial charge in [0.1, 0.15) is 4.99 Å². The van der Waals surface area contributed by atoms with Gasteiger partial charge in [0, 0.05) is 13.1 Å². The Labute approximate surface area is 141 Å². The number of benzene rings is 1. The van der Waals surface area contributed by atoms with Crippen LogP contribution in [-0.2, 0) is 15.7 Å². The van der Waals surface area contributed by atoms with Crippen molar-refractivity contribution in [1.82, 2.24) is 4.90 Å². The van der Waals surface area contributed by atoms with Crippen LogP contribution in [0.3, 0.4) is 0 Å². The topological polar surface area (TPSA) is 79.9 Å². The summed E-state index contributed by atoms with van der Waals surface area (Å²) in [5.74, 6) is -0.495. The van der Waals surface area contributed by atoms with Crippen molar-refractivity contribution < 1.29 is 22.7 Å². The first-order valence-electron chi connectivity index (χ1n) is 6.97. The predicted molar refractivity (Wildman–Crippen MR) is 86.7 cm³/mol. The van der Waals surface area contributed by atoms with E-state index in [-0.39, 0.29) is 16.4 Å². The number of thiocarbonyl (C=S) groups is 1. The summed E-state index contributed by atoms with van der Waals surface area (Å²) < 4.78 is 43.2. The smallest absolute Gasteiger partial charge is 0.388 e. The molecule has 10 heteroatoms. The first kappa shape index (κ1) is 18.1. The zero-order valence-electron chi connectivity index (χ0n) is 12.5. The Morgan fingerprint density at radius 3 is 2.58 bits per heavy atom. The van der Waals surface area contributed by atoms with Gasteiger partial charge in [0.25, 0.3) is 5.91 Å². The fourth-order valence-electron chi connectivity index (χ4n) is 2.01. The molecule has 1 fully saturated rings. The summed E-state index contributed by atoms with van der Waals surface area (Å²) in [7, 11) is 0. The molecule has 1 saturated heterocycles. The van der Waals surface area contributed by atoms with Crippen molar-refractivity contribution >= 4 is 34.5 Å². The number of carbonyl (C=O) groups is 1. The van der Waals surface area contributed by atoms with Crippen molar-refractivity contribution in [1.29, 1.82) is 0 Å². The zero-order chi connectivity index (χ0) is 17.7. The molecule has 3 N–H and O–H groups in total. The van der Waals surface area contributed by atoms with Gasteiger partial charge >= 0.3 is 6.18 Å². The second kappa shape index (κ2) is 7.58. The van der Waals surface area contributed by atoms with Crippen LogP contribution in [0.25, 0.3) is 0 Å². The van der Waals surface area contributed by atoms with Gasteiger partial charge in [-0.3, -0.25) is 10.2 Å². The van der Waals surface area contributed by atoms with Gasteiger partial charge in [0.05, 0.1) is 24.5 Å². The summed E-state index contributed by atoms with van der Waals surface area (Å²) in [4.78, 5) is 13.6. The van der Waals surface area contributed by atoms with Crippen LogP contribution in [0, 0.1) is 0 Å². The maximum atomic E-state index is 12.7. The fraction of sp³-hybridized carbons (Fsp3) is 0.357. The number of nitrogens with two attached hydrogens (primary N) is 1. The van der Waals surface area contributed by atoms with Crippen molar-refractivity contribution in [2.75, 3.05) is 31.7 Å². The predicted octanol–water partition coefficient (Wildman–Crippen LogP) is 1.62. The average molecular weight is 360 g/mol. The number of rotatable bonds is 4. The number of morpholine rings is 1. The van der Waals surface area contributed by atoms with E-state index in [1.807, 2.05) is 0 Å². The number of hydrazone groups is 1. The van der Waals surface area contributed by atoms with Crippen molar-refractivity contribution in [3.63, 3.8) is 0 Å². The summed E-state index contributed by atoms with van der Waals surface area (Å²) in [6, 6.07) is 4.42. The molecule has 1 aromatic carbocycles. The van der Waals surface area contributed by atoms with E-state index in [1.165, 1.54) is 17.0 Å². The van der Waals surface area contributed by atoms with Crippen molar-refractivity contribution in [3.8, 4) is 0 Å². The normalized spacial score (nSPS) is 16.0. The Morgan fingerprint density at radius 2 is 2.00 bits per heavy atom. The van der Waals surface area contributed by atoms with E-state index in [1.54, 1.807) is 0 Å². The van der Waals surface area contributed by atoms with Gasteiger partial charge in [0.15, 0.2) is 5.71 Å². The lowest BCUT2D eigenvalue weighted by Gasteiger charge is -2.26. The van der Waals surface area contributed by atoms with Crippen LogP contribution in [0.2, 0.25) is 0 Å². The Kier molecular flexibility index (Phi) is 5.73. The number of carbonyl (C=O) groups excluding carboxylic acids is 1. The van der Waals surface area contributed by atoms with E-state index in [4.69, 9.17) is 22.7 Å². The van der Waals surface area contributed by atoms with Crippen LogP contribution < -0.4 is 11.2 Å². The second-order valence-corrected chi connectivity index (χ2v) is 5.36. The quantitative estimate of drug-likeness (QED) is 0.485. The van der Waals surface area contributed by atoms with Gasteiger partial charge in [-0.25, -0.2) is 0 Å². The largest absolute Gasteiger partial charge is 0.416 e. The molecule has 1 amide bonds. The number of hydrogen-bond acceptors (Lipinski definition) is 5. The van der Waals surface area contributed by atoms with Gasteiger partial charge in [-0.05, 0) is 18.2 Å². The third kappa shape index (κ3) is 4.65. The number of anilines is 1. The van der Waals surface area contributed by atoms with Crippen LogP contribution >= 0.6 is 12.2 Å². The summed E-state index contributed by atoms with van der Waals surface area (Å²) in [5.41, 5.74) is 6.92. The number of nitrogens with one attached hydrogen (secondary N) is 1. The SMILES string of the molecule is NC(=S)/C(=N\Nc1cccc(C(F)(F)F)c1)C(=O)N1CCOCC1. The molecule has 1 aromatic rings. The van der Waals surface area contributed by atoms with Gasteiger partial charge in [-0.15, -0.1) is 0 Å². The highest BCUT2D eigenvalue weighted by atomic mass is 32.1. The first-order valence-corrected chi connectivity index (χ1v) is 7.37. The minimum absolute atomic E-state index is 0.0633. The summed E-state index contributed by atoms with van der Waals surface area (Å²) in [6.45, 7) is 1.50. The minimum Gasteiger partial charge on any atom is -0.388 e. The molecule has 1 aliphatic heterocycles. The summed E-state index contributed by atoms with van der Waals surface area (Å²) in [5, 5.41) is 3.79. The fourth-order valence-corrected chi connectivity index (χ4v) is 2.14. The Morgan fingerprint density at radius 1 is 1.33 bits per heavy atom. The molecule has 0 atom stereocenters. The second-order valence-electron chi connectivity index (χ2n) is 4.92. The highest BCUT2D eigenvalue weighted by Gasteiger charge is 2.30. The monoisotopic (exact) mass is 360 g/mol. The summed E-state index contributed by atoms with van der Waals surface area (Å²) in [6.07, 6.45) is -4.48. The molecule has 6 nitrogen and oxygen atoms in total. The van der Waals surface area contributed by atoms with Crippen molar-refractivity contribution in [2.24, 2.45) is 10.8 Å². The molecule has 2 rings (SSSR count). The Bertz CT molecular complexity index is 658. The highest BCUT2D eigenvalue weighted by Crippen LogP contribution is 2.30. The molecule has 0 bridgehead atoms. The molecule has 0 unspecified atom stereocenters. The maximum Gasteiger partial charge on any atom is 0.416 e. The van der Waals surface area contributed by atoms with E-state index in [0.29, 0.717) is 26.3 Å². The van der Waals surface area contributed by atoms with Gasteiger partial charge in [0.2, 0.25) is 0 Å². The van der Waals surface area contributed by atoms with Gasteiger partial charge in [-0.1, -0.05) is 18.3 Å². The van der Waals surface area contributed by atoms with Crippen LogP contribution in [0.15, 0.2) is 29.4 Å². The van der Waals surface area contributed by atoms with E-state index < -0.39 is 17.6 Å². The van der Waals surface area contributed by atoms with Crippen LogP contribution in [-0.4, -0.2) is 47.8 Å². The molecule has 0 aliphatic carbocycles. The van der Waals surface area contributed by atoms with Crippen LogP contribution in [0.5, 0.6) is 0 Å². The lowest BCUT2D eigenvalue weighted by atomic mass is 10.2. The Hall–Kier alpha value is -2.20. The molecule has 0 spiro atoms. The number of amides is 1. The lowest BCUT2D eigenvalue weighted by Crippen LogP contribution is -2.47. The third-order valence-electron chi connectivity index (χ3n) is 3.22. The molecular weight excluding hydrogens is 345 g/mol. The molecule has 0 aromatic heterocycles. The number of halogens is 3. The molecule has 1 heterocycles. The molecule has 130 valence electrons. The molecule has 1 aliphatic rings. The van der Waals surface area contributed by atoms with E-state index in [2.05, 4.69) is 10.5 Å². The van der Waals surface area contributed by atoms with Crippen molar-refractivity contribution in [2.45, 2.75) is 6.18 Å². The standard InChI is InChI=1S/C14H15F3N4O2S/c15-14(16,17)9-2-1-3-10(8-9)19-20-11(12(18)24)13(22)21-4-6-23-7-5-21/h1-3,8,19H,4-7H2,(H2,18,24)/b20-11+. The first-order chi connectivity index (χ1) is 11.3. The summed E-state index contributed by atoms with van der Waals surface area (Å²) >= 11 is 4.81. The van der Waals surface area contributed by atoms with Crippen molar-refractivity contribution in [3.05, 3.63) is 29.8 Å². The average Bonchev–Trinajstić information content (AvgIpc) is 2.55.